The average molecular weight is 485 g/mol. The van der Waals surface area contributed by atoms with Crippen LogP contribution < -0.4 is 14.8 Å². The van der Waals surface area contributed by atoms with Crippen LogP contribution in [0.25, 0.3) is 22.6 Å². The summed E-state index contributed by atoms with van der Waals surface area (Å²) in [6.07, 6.45) is 1.38. The molecule has 0 aliphatic rings. The van der Waals surface area contributed by atoms with Gasteiger partial charge < -0.3 is 19.3 Å². The fourth-order valence-electron chi connectivity index (χ4n) is 3.11. The van der Waals surface area contributed by atoms with Crippen molar-refractivity contribution in [3.63, 3.8) is 0 Å². The van der Waals surface area contributed by atoms with Crippen LogP contribution in [0.15, 0.2) is 52.4 Å². The number of carbonyl (C=O) groups is 1. The monoisotopic (exact) mass is 484 g/mol. The van der Waals surface area contributed by atoms with Crippen LogP contribution in [0.3, 0.4) is 0 Å². The molecule has 2 aromatic carbocycles. The lowest BCUT2D eigenvalue weighted by Crippen LogP contribution is -2.11. The average Bonchev–Trinajstić information content (AvgIpc) is 3.49. The first-order valence-corrected chi connectivity index (χ1v) is 11.4. The van der Waals surface area contributed by atoms with Gasteiger partial charge in [-0.2, -0.15) is 4.98 Å². The second kappa shape index (κ2) is 10.5. The number of aryl methyl sites for hydroxylation is 1. The largest absolute Gasteiger partial charge is 0.493 e. The van der Waals surface area contributed by atoms with Crippen LogP contribution in [0, 0.1) is 0 Å². The van der Waals surface area contributed by atoms with Crippen molar-refractivity contribution in [3.8, 4) is 34.1 Å². The number of benzene rings is 2. The molecule has 1 amide bonds. The molecule has 4 aromatic rings. The molecule has 0 saturated heterocycles. The lowest BCUT2D eigenvalue weighted by atomic mass is 10.1. The van der Waals surface area contributed by atoms with Crippen LogP contribution >= 0.6 is 22.9 Å². The minimum absolute atomic E-state index is 0.124. The Balaban J connectivity index is 1.29. The molecule has 0 unspecified atom stereocenters. The zero-order valence-corrected chi connectivity index (χ0v) is 19.6. The summed E-state index contributed by atoms with van der Waals surface area (Å²) < 4.78 is 15.9. The third-order valence-corrected chi connectivity index (χ3v) is 5.80. The summed E-state index contributed by atoms with van der Waals surface area (Å²) in [5.41, 5.74) is 2.44. The summed E-state index contributed by atoms with van der Waals surface area (Å²) in [6.45, 7) is 0. The highest BCUT2D eigenvalue weighted by molar-refractivity contribution is 7.14. The topological polar surface area (TPSA) is 99.4 Å². The van der Waals surface area contributed by atoms with Gasteiger partial charge in [-0.25, -0.2) is 4.98 Å². The van der Waals surface area contributed by atoms with E-state index in [2.05, 4.69) is 20.4 Å². The molecule has 10 heteroatoms. The molecule has 4 rings (SSSR count). The van der Waals surface area contributed by atoms with E-state index in [1.54, 1.807) is 26.4 Å². The molecule has 0 bridgehead atoms. The van der Waals surface area contributed by atoms with Crippen LogP contribution in [0.4, 0.5) is 5.13 Å². The van der Waals surface area contributed by atoms with Crippen LogP contribution in [-0.4, -0.2) is 35.3 Å². The van der Waals surface area contributed by atoms with Gasteiger partial charge in [0.15, 0.2) is 16.6 Å². The van der Waals surface area contributed by atoms with E-state index in [-0.39, 0.29) is 5.91 Å². The highest BCUT2D eigenvalue weighted by atomic mass is 35.5. The maximum Gasteiger partial charge on any atom is 0.226 e. The molecule has 0 fully saturated rings. The van der Waals surface area contributed by atoms with Crippen LogP contribution in [0.5, 0.6) is 11.5 Å². The van der Waals surface area contributed by atoms with E-state index in [0.29, 0.717) is 52.6 Å². The lowest BCUT2D eigenvalue weighted by molar-refractivity contribution is -0.116. The minimum Gasteiger partial charge on any atom is -0.493 e. The van der Waals surface area contributed by atoms with E-state index in [1.165, 1.54) is 11.3 Å². The van der Waals surface area contributed by atoms with Gasteiger partial charge in [0, 0.05) is 34.4 Å². The van der Waals surface area contributed by atoms with Crippen LogP contribution in [-0.2, 0) is 11.2 Å². The number of aromatic nitrogens is 3. The quantitative estimate of drug-likeness (QED) is 0.335. The Morgan fingerprint density at radius 1 is 1.06 bits per heavy atom. The maximum atomic E-state index is 12.3. The summed E-state index contributed by atoms with van der Waals surface area (Å²) >= 11 is 7.26. The number of rotatable bonds is 9. The van der Waals surface area contributed by atoms with E-state index in [4.69, 9.17) is 25.6 Å². The number of nitrogens with one attached hydrogen (secondary N) is 1. The highest BCUT2D eigenvalue weighted by Gasteiger charge is 2.13. The Bertz CT molecular complexity index is 1240. The molecular weight excluding hydrogens is 464 g/mol. The van der Waals surface area contributed by atoms with Gasteiger partial charge in [-0.3, -0.25) is 4.79 Å². The Labute approximate surface area is 199 Å². The van der Waals surface area contributed by atoms with Gasteiger partial charge in [0.1, 0.15) is 0 Å². The fourth-order valence-corrected chi connectivity index (χ4v) is 3.98. The summed E-state index contributed by atoms with van der Waals surface area (Å²) in [5, 5.41) is 9.88. The maximum absolute atomic E-state index is 12.3. The number of hydrogen-bond acceptors (Lipinski definition) is 8. The zero-order valence-electron chi connectivity index (χ0n) is 18.0. The molecule has 0 radical (unpaired) electrons. The van der Waals surface area contributed by atoms with E-state index in [1.807, 2.05) is 35.7 Å². The minimum atomic E-state index is -0.124. The van der Waals surface area contributed by atoms with Crippen molar-refractivity contribution >= 4 is 34.0 Å². The van der Waals surface area contributed by atoms with Crippen molar-refractivity contribution in [2.45, 2.75) is 19.3 Å². The predicted octanol–water partition coefficient (Wildman–Crippen LogP) is 5.49. The second-order valence-corrected chi connectivity index (χ2v) is 8.32. The highest BCUT2D eigenvalue weighted by Crippen LogP contribution is 2.33. The van der Waals surface area contributed by atoms with Crippen molar-refractivity contribution in [1.82, 2.24) is 15.1 Å². The van der Waals surface area contributed by atoms with Gasteiger partial charge in [0.05, 0.1) is 19.9 Å². The molecule has 8 nitrogen and oxygen atoms in total. The third-order valence-electron chi connectivity index (χ3n) is 4.79. The molecule has 0 saturated carbocycles. The number of carbonyl (C=O) groups excluding carboxylic acids is 1. The Morgan fingerprint density at radius 2 is 1.82 bits per heavy atom. The SMILES string of the molecule is COc1ccc(-c2csc(NC(=O)CCCc3nc(-c4ccc(Cl)cc4)no3)n2)cc1OC. The van der Waals surface area contributed by atoms with E-state index in [0.717, 1.165) is 16.8 Å². The number of halogens is 1. The van der Waals surface area contributed by atoms with Crippen molar-refractivity contribution in [1.29, 1.82) is 0 Å². The predicted molar refractivity (Wildman–Crippen MR) is 127 cm³/mol. The Morgan fingerprint density at radius 3 is 2.58 bits per heavy atom. The standard InChI is InChI=1S/C23H21ClN4O4S/c1-30-18-11-8-15(12-19(18)31-2)17-13-33-23(25-17)26-20(29)4-3-5-21-27-22(28-32-21)14-6-9-16(24)10-7-14/h6-13H,3-5H2,1-2H3,(H,25,26,29). The van der Waals surface area contributed by atoms with Gasteiger partial charge in [0.25, 0.3) is 0 Å². The number of anilines is 1. The van der Waals surface area contributed by atoms with Gasteiger partial charge in [-0.05, 0) is 48.9 Å². The van der Waals surface area contributed by atoms with Crippen molar-refractivity contribution < 1.29 is 18.8 Å². The molecule has 2 aromatic heterocycles. The summed E-state index contributed by atoms with van der Waals surface area (Å²) in [5.74, 6) is 2.12. The molecule has 33 heavy (non-hydrogen) atoms. The molecule has 0 aliphatic heterocycles. The van der Waals surface area contributed by atoms with Crippen molar-refractivity contribution in [3.05, 3.63) is 58.8 Å². The summed E-state index contributed by atoms with van der Waals surface area (Å²) in [7, 11) is 3.17. The number of thiazole rings is 1. The zero-order chi connectivity index (χ0) is 23.2. The molecular formula is C23H21ClN4O4S. The lowest BCUT2D eigenvalue weighted by Gasteiger charge is -2.08. The van der Waals surface area contributed by atoms with Gasteiger partial charge >= 0.3 is 0 Å². The first kappa shape index (κ1) is 22.8. The summed E-state index contributed by atoms with van der Waals surface area (Å²) in [6, 6.07) is 12.8. The molecule has 0 atom stereocenters. The third kappa shape index (κ3) is 5.68. The second-order valence-electron chi connectivity index (χ2n) is 7.03. The molecule has 0 aliphatic carbocycles. The van der Waals surface area contributed by atoms with Crippen molar-refractivity contribution in [2.75, 3.05) is 19.5 Å². The number of methoxy groups -OCH3 is 2. The van der Waals surface area contributed by atoms with Crippen molar-refractivity contribution in [2.24, 2.45) is 0 Å². The number of ether oxygens (including phenoxy) is 2. The van der Waals surface area contributed by atoms with E-state index >= 15 is 0 Å². The number of nitrogens with zero attached hydrogens (tertiary/aromatic N) is 3. The Kier molecular flexibility index (Phi) is 7.21. The number of amides is 1. The van der Waals surface area contributed by atoms with Gasteiger partial charge in [-0.15, -0.1) is 11.3 Å². The van der Waals surface area contributed by atoms with Crippen LogP contribution in [0.1, 0.15) is 18.7 Å². The van der Waals surface area contributed by atoms with E-state index < -0.39 is 0 Å². The number of hydrogen-bond donors (Lipinski definition) is 1. The first-order valence-electron chi connectivity index (χ1n) is 10.1. The molecule has 0 spiro atoms. The Hall–Kier alpha value is -3.43. The van der Waals surface area contributed by atoms with E-state index in [9.17, 15) is 4.79 Å². The molecule has 170 valence electrons. The van der Waals surface area contributed by atoms with Crippen LogP contribution in [0.2, 0.25) is 5.02 Å². The fraction of sp³-hybridized carbons (Fsp3) is 0.217. The smallest absolute Gasteiger partial charge is 0.226 e. The molecule has 2 heterocycles. The van der Waals surface area contributed by atoms with Gasteiger partial charge in [0.2, 0.25) is 17.6 Å². The van der Waals surface area contributed by atoms with Gasteiger partial charge in [-0.1, -0.05) is 16.8 Å². The normalized spacial score (nSPS) is 10.8. The molecule has 1 N–H and O–H groups in total. The first-order chi connectivity index (χ1) is 16.1. The summed E-state index contributed by atoms with van der Waals surface area (Å²) in [4.78, 5) is 21.2.